The molecule has 0 aliphatic heterocycles. The zero-order chi connectivity index (χ0) is 16.8. The van der Waals surface area contributed by atoms with E-state index in [9.17, 15) is 4.79 Å². The molecule has 0 amide bonds. The van der Waals surface area contributed by atoms with Gasteiger partial charge in [-0.3, -0.25) is 4.79 Å². The Labute approximate surface area is 135 Å². The smallest absolute Gasteiger partial charge is 0.213 e. The third-order valence-electron chi connectivity index (χ3n) is 4.06. The van der Waals surface area contributed by atoms with Gasteiger partial charge < -0.3 is 9.16 Å². The number of carbonyl (C=O) groups is 1. The first-order chi connectivity index (χ1) is 10.1. The van der Waals surface area contributed by atoms with Crippen LogP contribution < -0.4 is 4.74 Å². The van der Waals surface area contributed by atoms with Crippen molar-refractivity contribution in [3.63, 3.8) is 0 Å². The molecule has 0 radical (unpaired) electrons. The van der Waals surface area contributed by atoms with E-state index in [1.165, 1.54) is 0 Å². The number of rotatable bonds is 8. The number of carbonyl (C=O) groups excluding carboxylic acids is 1. The number of pyridine rings is 1. The van der Waals surface area contributed by atoms with Crippen LogP contribution >= 0.6 is 0 Å². The van der Waals surface area contributed by atoms with E-state index in [1.807, 2.05) is 12.1 Å². The van der Waals surface area contributed by atoms with Gasteiger partial charge in [0, 0.05) is 31.7 Å². The number of ether oxygens (including phenoxy) is 1. The maximum atomic E-state index is 11.0. The van der Waals surface area contributed by atoms with E-state index in [2.05, 4.69) is 38.8 Å². The van der Waals surface area contributed by atoms with Crippen molar-refractivity contribution in [2.75, 3.05) is 13.2 Å². The Balaban J connectivity index is 2.29. The number of hydrogen-bond donors (Lipinski definition) is 0. The molecule has 0 bridgehead atoms. The summed E-state index contributed by atoms with van der Waals surface area (Å²) >= 11 is 0. The molecule has 1 aromatic heterocycles. The molecule has 0 aromatic carbocycles. The quantitative estimate of drug-likeness (QED) is 0.536. The summed E-state index contributed by atoms with van der Waals surface area (Å²) in [6.45, 7) is 14.1. The summed E-state index contributed by atoms with van der Waals surface area (Å²) in [4.78, 5) is 15.2. The Morgan fingerprint density at radius 1 is 1.23 bits per heavy atom. The van der Waals surface area contributed by atoms with Crippen molar-refractivity contribution in [2.24, 2.45) is 0 Å². The van der Waals surface area contributed by atoms with Gasteiger partial charge in [-0.1, -0.05) is 26.8 Å². The molecule has 1 heterocycles. The van der Waals surface area contributed by atoms with Crippen molar-refractivity contribution >= 4 is 14.1 Å². The number of hydrogen-bond acceptors (Lipinski definition) is 4. The molecule has 1 rings (SSSR count). The van der Waals surface area contributed by atoms with Crippen molar-refractivity contribution in [3.05, 3.63) is 23.9 Å². The highest BCUT2D eigenvalue weighted by atomic mass is 28.4. The Kier molecular flexibility index (Phi) is 6.75. The highest BCUT2D eigenvalue weighted by molar-refractivity contribution is 6.74. The average molecular weight is 324 g/mol. The van der Waals surface area contributed by atoms with E-state index >= 15 is 0 Å². The molecule has 124 valence electrons. The summed E-state index contributed by atoms with van der Waals surface area (Å²) in [5, 5.41) is 0.238. The first kappa shape index (κ1) is 18.8. The van der Waals surface area contributed by atoms with Crippen LogP contribution in [-0.4, -0.2) is 32.3 Å². The summed E-state index contributed by atoms with van der Waals surface area (Å²) < 4.78 is 11.7. The van der Waals surface area contributed by atoms with Crippen LogP contribution in [0.25, 0.3) is 0 Å². The van der Waals surface area contributed by atoms with Crippen LogP contribution in [0.2, 0.25) is 18.1 Å². The first-order valence-electron chi connectivity index (χ1n) is 7.83. The van der Waals surface area contributed by atoms with Crippen LogP contribution in [0, 0.1) is 0 Å². The summed E-state index contributed by atoms with van der Waals surface area (Å²) in [5.41, 5.74) is 0.918. The second-order valence-electron chi connectivity index (χ2n) is 7.19. The molecule has 22 heavy (non-hydrogen) atoms. The highest BCUT2D eigenvalue weighted by Crippen LogP contribution is 2.36. The van der Waals surface area contributed by atoms with Crippen molar-refractivity contribution in [1.82, 2.24) is 4.98 Å². The first-order valence-corrected chi connectivity index (χ1v) is 10.7. The number of aromatic nitrogens is 1. The fraction of sp³-hybridized carbons (Fsp3) is 0.647. The molecule has 0 unspecified atom stereocenters. The monoisotopic (exact) mass is 323 g/mol. The lowest BCUT2D eigenvalue weighted by molar-refractivity contribution is -0.116. The summed E-state index contributed by atoms with van der Waals surface area (Å²) in [5.74, 6) is 0.734. The van der Waals surface area contributed by atoms with E-state index in [-0.39, 0.29) is 10.8 Å². The van der Waals surface area contributed by atoms with Gasteiger partial charge in [-0.25, -0.2) is 4.98 Å². The van der Waals surface area contributed by atoms with Crippen LogP contribution in [0.5, 0.6) is 5.88 Å². The van der Waals surface area contributed by atoms with Crippen LogP contribution in [-0.2, 0) is 15.6 Å². The molecule has 0 saturated carbocycles. The van der Waals surface area contributed by atoms with Crippen LogP contribution in [0.15, 0.2) is 18.3 Å². The van der Waals surface area contributed by atoms with E-state index in [0.29, 0.717) is 18.9 Å². The maximum Gasteiger partial charge on any atom is 0.213 e. The average Bonchev–Trinajstić information content (AvgIpc) is 2.38. The highest BCUT2D eigenvalue weighted by Gasteiger charge is 2.36. The Bertz CT molecular complexity index is 478. The normalized spacial score (nSPS) is 12.3. The molecule has 0 aliphatic carbocycles. The van der Waals surface area contributed by atoms with Crippen LogP contribution in [0.4, 0.5) is 0 Å². The summed E-state index contributed by atoms with van der Waals surface area (Å²) in [7, 11) is -1.66. The predicted molar refractivity (Wildman–Crippen MR) is 91.9 cm³/mol. The second-order valence-corrected chi connectivity index (χ2v) is 12.0. The minimum atomic E-state index is -1.66. The zero-order valence-corrected chi connectivity index (χ0v) is 15.7. The third kappa shape index (κ3) is 6.28. The van der Waals surface area contributed by atoms with E-state index < -0.39 is 8.32 Å². The third-order valence-corrected chi connectivity index (χ3v) is 8.60. The van der Waals surface area contributed by atoms with Crippen LogP contribution in [0.3, 0.4) is 0 Å². The Morgan fingerprint density at radius 3 is 2.41 bits per heavy atom. The standard InChI is InChI=1S/C17H29NO3Si/c1-14(19)12-15-8-9-16(18-13-15)20-10-7-11-21-22(5,6)17(2,3)4/h8-9,13H,7,10-12H2,1-6H3. The van der Waals surface area contributed by atoms with Crippen molar-refractivity contribution in [1.29, 1.82) is 0 Å². The molecule has 0 saturated heterocycles. The Morgan fingerprint density at radius 2 is 1.91 bits per heavy atom. The summed E-state index contributed by atoms with van der Waals surface area (Å²) in [6, 6.07) is 3.70. The lowest BCUT2D eigenvalue weighted by Gasteiger charge is -2.36. The minimum Gasteiger partial charge on any atom is -0.478 e. The molecule has 5 heteroatoms. The number of Topliss-reactive ketones (excluding diaryl/α,β-unsaturated/α-hetero) is 1. The van der Waals surface area contributed by atoms with Gasteiger partial charge >= 0.3 is 0 Å². The van der Waals surface area contributed by atoms with Gasteiger partial charge in [-0.15, -0.1) is 0 Å². The van der Waals surface area contributed by atoms with E-state index in [0.717, 1.165) is 18.6 Å². The fourth-order valence-corrected chi connectivity index (χ4v) is 2.76. The number of ketones is 1. The molecular formula is C17H29NO3Si. The van der Waals surface area contributed by atoms with Crippen molar-refractivity contribution < 1.29 is 14.0 Å². The maximum absolute atomic E-state index is 11.0. The largest absolute Gasteiger partial charge is 0.478 e. The topological polar surface area (TPSA) is 48.4 Å². The zero-order valence-electron chi connectivity index (χ0n) is 14.7. The molecule has 0 atom stereocenters. The minimum absolute atomic E-state index is 0.137. The molecule has 0 fully saturated rings. The van der Waals surface area contributed by atoms with Crippen molar-refractivity contribution in [2.45, 2.75) is 58.7 Å². The molecule has 0 spiro atoms. The Hall–Kier alpha value is -1.20. The molecule has 4 nitrogen and oxygen atoms in total. The van der Waals surface area contributed by atoms with Crippen LogP contribution in [0.1, 0.15) is 39.7 Å². The van der Waals surface area contributed by atoms with Gasteiger partial charge in [-0.05, 0) is 30.6 Å². The van der Waals surface area contributed by atoms with Crippen molar-refractivity contribution in [3.8, 4) is 5.88 Å². The predicted octanol–water partition coefficient (Wildman–Crippen LogP) is 4.00. The molecule has 1 aromatic rings. The second kappa shape index (κ2) is 7.88. The fourth-order valence-electron chi connectivity index (χ4n) is 1.67. The van der Waals surface area contributed by atoms with Gasteiger partial charge in [-0.2, -0.15) is 0 Å². The van der Waals surface area contributed by atoms with Gasteiger partial charge in [0.25, 0.3) is 0 Å². The van der Waals surface area contributed by atoms with E-state index in [4.69, 9.17) is 9.16 Å². The van der Waals surface area contributed by atoms with Gasteiger partial charge in [0.15, 0.2) is 8.32 Å². The van der Waals surface area contributed by atoms with Gasteiger partial charge in [0.2, 0.25) is 5.88 Å². The van der Waals surface area contributed by atoms with E-state index in [1.54, 1.807) is 13.1 Å². The van der Waals surface area contributed by atoms with Gasteiger partial charge in [0.1, 0.15) is 5.78 Å². The number of nitrogens with zero attached hydrogens (tertiary/aromatic N) is 1. The van der Waals surface area contributed by atoms with Gasteiger partial charge in [0.05, 0.1) is 6.61 Å². The molecule has 0 N–H and O–H groups in total. The lowest BCUT2D eigenvalue weighted by Crippen LogP contribution is -2.41. The SMILES string of the molecule is CC(=O)Cc1ccc(OCCCO[Si](C)(C)C(C)(C)C)nc1. The lowest BCUT2D eigenvalue weighted by atomic mass is 10.2. The molecular weight excluding hydrogens is 294 g/mol. The molecule has 0 aliphatic rings. The summed E-state index contributed by atoms with van der Waals surface area (Å²) in [6.07, 6.45) is 2.97.